The Morgan fingerprint density at radius 2 is 1.94 bits per heavy atom. The first-order valence-corrected chi connectivity index (χ1v) is 4.94. The zero-order chi connectivity index (χ0) is 11.5. The van der Waals surface area contributed by atoms with Gasteiger partial charge in [0.05, 0.1) is 0 Å². The molecule has 0 atom stereocenters. The van der Waals surface area contributed by atoms with E-state index >= 15 is 0 Å². The molecule has 1 radical (unpaired) electrons. The Morgan fingerprint density at radius 1 is 1.25 bits per heavy atom. The van der Waals surface area contributed by atoms with E-state index in [-0.39, 0.29) is 11.5 Å². The van der Waals surface area contributed by atoms with Crippen molar-refractivity contribution in [3.05, 3.63) is 47.5 Å². The number of nitrogens with zero attached hydrogens (tertiary/aromatic N) is 1. The molecule has 1 aromatic rings. The highest BCUT2D eigenvalue weighted by molar-refractivity contribution is 5.97. The number of rotatable bonds is 2. The molecule has 0 spiro atoms. The van der Waals surface area contributed by atoms with Gasteiger partial charge in [-0.05, 0) is 24.3 Å². The normalized spacial score (nSPS) is 14.1. The number of primary amides is 1. The zero-order valence-electron chi connectivity index (χ0n) is 8.64. The van der Waals surface area contributed by atoms with Crippen molar-refractivity contribution in [3.63, 3.8) is 0 Å². The van der Waals surface area contributed by atoms with Gasteiger partial charge in [-0.15, -0.1) is 0 Å². The number of hydrogen-bond acceptors (Lipinski definition) is 2. The minimum Gasteiger partial charge on any atom is -0.366 e. The summed E-state index contributed by atoms with van der Waals surface area (Å²) in [5.41, 5.74) is 5.90. The maximum Gasteiger partial charge on any atom is 0.254 e. The molecule has 2 amide bonds. The van der Waals surface area contributed by atoms with Crippen LogP contribution < -0.4 is 5.73 Å². The standard InChI is InChI=1S/C12H11N2O2/c13-11(15)9-3-5-10(6-4-9)12(16)14-7-1-2-8-14/h1-3,5-6H,7-8H2,(H2,13,15). The van der Waals surface area contributed by atoms with Gasteiger partial charge in [0, 0.05) is 24.2 Å². The predicted molar refractivity (Wildman–Crippen MR) is 58.8 cm³/mol. The van der Waals surface area contributed by atoms with Crippen LogP contribution in [0.1, 0.15) is 20.7 Å². The van der Waals surface area contributed by atoms with Gasteiger partial charge in [-0.25, -0.2) is 0 Å². The van der Waals surface area contributed by atoms with Crippen molar-refractivity contribution in [1.82, 2.24) is 4.90 Å². The largest absolute Gasteiger partial charge is 0.366 e. The monoisotopic (exact) mass is 215 g/mol. The molecule has 81 valence electrons. The Labute approximate surface area is 93.3 Å². The number of amides is 2. The molecule has 0 bridgehead atoms. The van der Waals surface area contributed by atoms with Crippen LogP contribution >= 0.6 is 0 Å². The lowest BCUT2D eigenvalue weighted by Gasteiger charge is -2.15. The minimum atomic E-state index is -0.540. The number of carbonyl (C=O) groups is 2. The molecule has 2 N–H and O–H groups in total. The minimum absolute atomic E-state index is 0.0581. The first kappa shape index (κ1) is 10.4. The first-order chi connectivity index (χ1) is 7.68. The lowest BCUT2D eigenvalue weighted by molar-refractivity contribution is 0.0799. The topological polar surface area (TPSA) is 63.4 Å². The second-order valence-corrected chi connectivity index (χ2v) is 3.54. The summed E-state index contributed by atoms with van der Waals surface area (Å²) in [5.74, 6) is -0.598. The Morgan fingerprint density at radius 3 is 2.44 bits per heavy atom. The van der Waals surface area contributed by atoms with Crippen LogP contribution in [0.4, 0.5) is 0 Å². The van der Waals surface area contributed by atoms with Crippen LogP contribution in [-0.2, 0) is 0 Å². The van der Waals surface area contributed by atoms with E-state index in [1.165, 1.54) is 12.1 Å². The van der Waals surface area contributed by atoms with E-state index in [9.17, 15) is 9.59 Å². The lowest BCUT2D eigenvalue weighted by Crippen LogP contribution is -2.28. The Balaban J connectivity index is 2.15. The van der Waals surface area contributed by atoms with Gasteiger partial charge < -0.3 is 10.6 Å². The summed E-state index contributed by atoms with van der Waals surface area (Å²) in [6, 6.07) is 7.31. The molecule has 0 unspecified atom stereocenters. The van der Waals surface area contributed by atoms with Crippen molar-refractivity contribution in [1.29, 1.82) is 0 Å². The number of hydrogen-bond donors (Lipinski definition) is 1. The Kier molecular flexibility index (Phi) is 2.72. The Hall–Kier alpha value is -2.10. The van der Waals surface area contributed by atoms with Gasteiger partial charge in [0.2, 0.25) is 5.91 Å². The second-order valence-electron chi connectivity index (χ2n) is 3.54. The molecular weight excluding hydrogens is 204 g/mol. The van der Waals surface area contributed by atoms with Crippen LogP contribution in [0.15, 0.2) is 30.4 Å². The fraction of sp³-hybridized carbons (Fsp3) is 0.167. The van der Waals surface area contributed by atoms with Crippen molar-refractivity contribution in [2.24, 2.45) is 5.73 Å². The molecular formula is C12H11N2O2. The van der Waals surface area contributed by atoms with E-state index in [4.69, 9.17) is 5.73 Å². The van der Waals surface area contributed by atoms with Crippen LogP contribution in [0, 0.1) is 6.07 Å². The number of benzene rings is 1. The summed E-state index contributed by atoms with van der Waals surface area (Å²) < 4.78 is 0. The van der Waals surface area contributed by atoms with Crippen LogP contribution in [0.25, 0.3) is 0 Å². The van der Waals surface area contributed by atoms with Gasteiger partial charge in [-0.2, -0.15) is 0 Å². The van der Waals surface area contributed by atoms with E-state index in [1.54, 1.807) is 11.0 Å². The lowest BCUT2D eigenvalue weighted by atomic mass is 10.1. The van der Waals surface area contributed by atoms with E-state index in [0.29, 0.717) is 18.7 Å². The van der Waals surface area contributed by atoms with Crippen molar-refractivity contribution < 1.29 is 9.59 Å². The summed E-state index contributed by atoms with van der Waals surface area (Å²) in [6.45, 7) is 1.27. The molecule has 4 nitrogen and oxygen atoms in total. The van der Waals surface area contributed by atoms with Crippen LogP contribution in [0.2, 0.25) is 0 Å². The van der Waals surface area contributed by atoms with Crippen molar-refractivity contribution in [2.45, 2.75) is 0 Å². The quantitative estimate of drug-likeness (QED) is 0.734. The maximum atomic E-state index is 11.9. The van der Waals surface area contributed by atoms with Gasteiger partial charge in [0.1, 0.15) is 0 Å². The molecule has 2 rings (SSSR count). The van der Waals surface area contributed by atoms with Gasteiger partial charge in [-0.3, -0.25) is 9.59 Å². The second kappa shape index (κ2) is 4.18. The molecule has 0 saturated carbocycles. The fourth-order valence-electron chi connectivity index (χ4n) is 1.54. The maximum absolute atomic E-state index is 11.9. The number of nitrogens with two attached hydrogens (primary N) is 1. The third-order valence-corrected chi connectivity index (χ3v) is 2.43. The molecule has 16 heavy (non-hydrogen) atoms. The summed E-state index contributed by atoms with van der Waals surface area (Å²) in [6.07, 6.45) is 3.89. The summed E-state index contributed by atoms with van der Waals surface area (Å²) >= 11 is 0. The molecule has 1 aromatic carbocycles. The summed E-state index contributed by atoms with van der Waals surface area (Å²) in [4.78, 5) is 24.4. The van der Waals surface area contributed by atoms with Gasteiger partial charge in [0.25, 0.3) is 5.91 Å². The molecule has 1 heterocycles. The summed E-state index contributed by atoms with van der Waals surface area (Å²) in [5, 5.41) is 0. The highest BCUT2D eigenvalue weighted by Crippen LogP contribution is 2.09. The molecule has 0 aliphatic carbocycles. The van der Waals surface area contributed by atoms with Crippen molar-refractivity contribution in [2.75, 3.05) is 13.1 Å². The zero-order valence-corrected chi connectivity index (χ0v) is 8.64. The van der Waals surface area contributed by atoms with E-state index in [0.717, 1.165) is 0 Å². The highest BCUT2D eigenvalue weighted by atomic mass is 16.2. The fourth-order valence-corrected chi connectivity index (χ4v) is 1.54. The van der Waals surface area contributed by atoms with E-state index in [1.807, 2.05) is 12.2 Å². The van der Waals surface area contributed by atoms with Gasteiger partial charge in [-0.1, -0.05) is 12.2 Å². The molecule has 0 saturated heterocycles. The SMILES string of the molecule is NC(=O)c1[c]cc(C(=O)N2CC=CC2)cc1. The smallest absolute Gasteiger partial charge is 0.254 e. The van der Waals surface area contributed by atoms with Crippen molar-refractivity contribution >= 4 is 11.8 Å². The van der Waals surface area contributed by atoms with Crippen LogP contribution in [-0.4, -0.2) is 29.8 Å². The van der Waals surface area contributed by atoms with Crippen LogP contribution in [0.5, 0.6) is 0 Å². The molecule has 0 aromatic heterocycles. The van der Waals surface area contributed by atoms with Gasteiger partial charge >= 0.3 is 0 Å². The van der Waals surface area contributed by atoms with E-state index in [2.05, 4.69) is 6.07 Å². The van der Waals surface area contributed by atoms with Gasteiger partial charge in [0.15, 0.2) is 0 Å². The average molecular weight is 215 g/mol. The molecule has 0 fully saturated rings. The molecule has 1 aliphatic heterocycles. The van der Waals surface area contributed by atoms with Crippen molar-refractivity contribution in [3.8, 4) is 0 Å². The average Bonchev–Trinajstić information content (AvgIpc) is 2.81. The highest BCUT2D eigenvalue weighted by Gasteiger charge is 2.16. The Bertz CT molecular complexity index is 441. The third kappa shape index (κ3) is 1.95. The molecule has 4 heteroatoms. The summed E-state index contributed by atoms with van der Waals surface area (Å²) in [7, 11) is 0. The predicted octanol–water partition coefficient (Wildman–Crippen LogP) is 0.598. The number of carbonyl (C=O) groups excluding carboxylic acids is 2. The first-order valence-electron chi connectivity index (χ1n) is 4.94. The van der Waals surface area contributed by atoms with E-state index < -0.39 is 5.91 Å². The third-order valence-electron chi connectivity index (χ3n) is 2.43. The van der Waals surface area contributed by atoms with Crippen LogP contribution in [0.3, 0.4) is 0 Å². The molecule has 1 aliphatic rings.